The molecule has 3 aromatic rings. The van der Waals surface area contributed by atoms with E-state index in [0.717, 1.165) is 0 Å². The maximum absolute atomic E-state index is 12.4. The molecule has 0 unspecified atom stereocenters. The molecule has 1 heterocycles. The minimum Gasteiger partial charge on any atom is -0.496 e. The molecule has 3 rings (SSSR count). The molecule has 0 bridgehead atoms. The number of benzene rings is 2. The van der Waals surface area contributed by atoms with E-state index in [1.807, 2.05) is 0 Å². The van der Waals surface area contributed by atoms with Crippen molar-refractivity contribution in [3.63, 3.8) is 0 Å². The highest BCUT2D eigenvalue weighted by molar-refractivity contribution is 7.80. The van der Waals surface area contributed by atoms with Gasteiger partial charge in [-0.3, -0.25) is 14.9 Å². The maximum Gasteiger partial charge on any atom is 0.291 e. The Morgan fingerprint density at radius 1 is 0.929 bits per heavy atom. The van der Waals surface area contributed by atoms with Crippen LogP contribution in [0.2, 0.25) is 0 Å². The highest BCUT2D eigenvalue weighted by Crippen LogP contribution is 2.18. The molecule has 7 nitrogen and oxygen atoms in total. The van der Waals surface area contributed by atoms with Gasteiger partial charge in [-0.2, -0.15) is 0 Å². The van der Waals surface area contributed by atoms with Gasteiger partial charge in [0, 0.05) is 11.4 Å². The molecule has 2 amide bonds. The van der Waals surface area contributed by atoms with Gasteiger partial charge in [0.15, 0.2) is 10.9 Å². The van der Waals surface area contributed by atoms with Crippen LogP contribution in [0.3, 0.4) is 0 Å². The van der Waals surface area contributed by atoms with E-state index in [1.165, 1.54) is 13.4 Å². The summed E-state index contributed by atoms with van der Waals surface area (Å²) in [6, 6.07) is 16.9. The molecule has 0 atom stereocenters. The lowest BCUT2D eigenvalue weighted by Crippen LogP contribution is -2.34. The summed E-state index contributed by atoms with van der Waals surface area (Å²) in [7, 11) is 1.49. The number of methoxy groups -OCH3 is 1. The number of rotatable bonds is 5. The van der Waals surface area contributed by atoms with Crippen LogP contribution < -0.4 is 20.7 Å². The Morgan fingerprint density at radius 2 is 1.68 bits per heavy atom. The normalized spacial score (nSPS) is 10.0. The topological polar surface area (TPSA) is 92.6 Å². The van der Waals surface area contributed by atoms with Crippen LogP contribution in [-0.2, 0) is 0 Å². The fraction of sp³-hybridized carbons (Fsp3) is 0.0500. The molecule has 0 spiro atoms. The van der Waals surface area contributed by atoms with E-state index in [0.29, 0.717) is 22.7 Å². The van der Waals surface area contributed by atoms with Crippen molar-refractivity contribution in [1.29, 1.82) is 0 Å². The van der Waals surface area contributed by atoms with Crippen LogP contribution in [0.25, 0.3) is 0 Å². The number of ether oxygens (including phenoxy) is 1. The summed E-state index contributed by atoms with van der Waals surface area (Å²) in [4.78, 5) is 24.4. The SMILES string of the molecule is COc1ccccc1C(=O)NC(=S)Nc1cccc(NC(=O)c2ccco2)c1. The molecule has 0 fully saturated rings. The van der Waals surface area contributed by atoms with E-state index in [1.54, 1.807) is 60.7 Å². The van der Waals surface area contributed by atoms with E-state index in [9.17, 15) is 9.59 Å². The van der Waals surface area contributed by atoms with Crippen LogP contribution in [0.4, 0.5) is 11.4 Å². The first-order valence-electron chi connectivity index (χ1n) is 8.27. The van der Waals surface area contributed by atoms with Crippen LogP contribution in [-0.4, -0.2) is 24.0 Å². The van der Waals surface area contributed by atoms with Gasteiger partial charge in [-0.15, -0.1) is 0 Å². The molecule has 8 heteroatoms. The number of furan rings is 1. The average Bonchev–Trinajstić information content (AvgIpc) is 3.23. The Morgan fingerprint density at radius 3 is 2.39 bits per heavy atom. The van der Waals surface area contributed by atoms with E-state index in [-0.39, 0.29) is 16.8 Å². The highest BCUT2D eigenvalue weighted by Gasteiger charge is 2.13. The zero-order chi connectivity index (χ0) is 19.9. The smallest absolute Gasteiger partial charge is 0.291 e. The second-order valence-electron chi connectivity index (χ2n) is 5.62. The zero-order valence-electron chi connectivity index (χ0n) is 14.9. The minimum atomic E-state index is -0.391. The lowest BCUT2D eigenvalue weighted by molar-refractivity contribution is 0.0972. The van der Waals surface area contributed by atoms with Crippen LogP contribution in [0, 0.1) is 0 Å². The zero-order valence-corrected chi connectivity index (χ0v) is 15.7. The summed E-state index contributed by atoms with van der Waals surface area (Å²) >= 11 is 5.20. The number of thiocarbonyl (C=S) groups is 1. The first kappa shape index (κ1) is 19.1. The Balaban J connectivity index is 1.62. The monoisotopic (exact) mass is 395 g/mol. The molecule has 0 aliphatic heterocycles. The molecule has 2 aromatic carbocycles. The third-order valence-corrected chi connectivity index (χ3v) is 3.91. The van der Waals surface area contributed by atoms with Gasteiger partial charge in [-0.25, -0.2) is 0 Å². The van der Waals surface area contributed by atoms with Crippen molar-refractivity contribution < 1.29 is 18.7 Å². The quantitative estimate of drug-likeness (QED) is 0.571. The molecular formula is C20H17N3O4S. The molecular weight excluding hydrogens is 378 g/mol. The predicted molar refractivity (Wildman–Crippen MR) is 110 cm³/mol. The molecule has 1 aromatic heterocycles. The second kappa shape index (κ2) is 8.83. The van der Waals surface area contributed by atoms with E-state index in [2.05, 4.69) is 16.0 Å². The number of carbonyl (C=O) groups is 2. The number of para-hydroxylation sites is 1. The summed E-state index contributed by atoms with van der Waals surface area (Å²) in [6.07, 6.45) is 1.43. The standard InChI is InChI=1S/C20H17N3O4S/c1-26-16-9-3-2-8-15(16)18(24)23-20(28)22-14-7-4-6-13(12-14)21-19(25)17-10-5-11-27-17/h2-12H,1H3,(H,21,25)(H2,22,23,24,28). The van der Waals surface area contributed by atoms with Crippen LogP contribution in [0.5, 0.6) is 5.75 Å². The van der Waals surface area contributed by atoms with E-state index >= 15 is 0 Å². The molecule has 28 heavy (non-hydrogen) atoms. The van der Waals surface area contributed by atoms with Gasteiger partial charge in [0.2, 0.25) is 0 Å². The third-order valence-electron chi connectivity index (χ3n) is 3.70. The van der Waals surface area contributed by atoms with Gasteiger partial charge in [0.25, 0.3) is 11.8 Å². The lowest BCUT2D eigenvalue weighted by atomic mass is 10.2. The average molecular weight is 395 g/mol. The van der Waals surface area contributed by atoms with Crippen molar-refractivity contribution in [3.8, 4) is 5.75 Å². The summed E-state index contributed by atoms with van der Waals surface area (Å²) in [5, 5.41) is 8.35. The van der Waals surface area contributed by atoms with Crippen molar-refractivity contribution in [1.82, 2.24) is 5.32 Å². The van der Waals surface area contributed by atoms with E-state index < -0.39 is 5.91 Å². The van der Waals surface area contributed by atoms with Gasteiger partial charge in [0.05, 0.1) is 18.9 Å². The van der Waals surface area contributed by atoms with Crippen LogP contribution in [0.1, 0.15) is 20.9 Å². The maximum atomic E-state index is 12.4. The fourth-order valence-electron chi connectivity index (χ4n) is 2.44. The largest absolute Gasteiger partial charge is 0.496 e. The first-order valence-corrected chi connectivity index (χ1v) is 8.68. The van der Waals surface area contributed by atoms with Crippen molar-refractivity contribution in [2.45, 2.75) is 0 Å². The molecule has 142 valence electrons. The summed E-state index contributed by atoms with van der Waals surface area (Å²) in [6.45, 7) is 0. The van der Waals surface area contributed by atoms with Gasteiger partial charge >= 0.3 is 0 Å². The van der Waals surface area contributed by atoms with Crippen molar-refractivity contribution in [2.24, 2.45) is 0 Å². The summed E-state index contributed by atoms with van der Waals surface area (Å²) in [5.74, 6) is -0.102. The highest BCUT2D eigenvalue weighted by atomic mass is 32.1. The van der Waals surface area contributed by atoms with Gasteiger partial charge in [0.1, 0.15) is 5.75 Å². The Kier molecular flexibility index (Phi) is 6.03. The molecule has 0 aliphatic carbocycles. The fourth-order valence-corrected chi connectivity index (χ4v) is 2.65. The molecule has 0 saturated heterocycles. The van der Waals surface area contributed by atoms with Crippen molar-refractivity contribution >= 4 is 40.5 Å². The number of nitrogens with one attached hydrogen (secondary N) is 3. The van der Waals surface area contributed by atoms with Crippen molar-refractivity contribution in [2.75, 3.05) is 17.7 Å². The number of hydrogen-bond acceptors (Lipinski definition) is 5. The predicted octanol–water partition coefficient (Wildman–Crippen LogP) is 3.67. The van der Waals surface area contributed by atoms with E-state index in [4.69, 9.17) is 21.4 Å². The lowest BCUT2D eigenvalue weighted by Gasteiger charge is -2.12. The first-order chi connectivity index (χ1) is 13.6. The van der Waals surface area contributed by atoms with Crippen LogP contribution in [0.15, 0.2) is 71.3 Å². The van der Waals surface area contributed by atoms with Gasteiger partial charge in [-0.05, 0) is 54.7 Å². The second-order valence-corrected chi connectivity index (χ2v) is 6.03. The minimum absolute atomic E-state index is 0.116. The number of hydrogen-bond donors (Lipinski definition) is 3. The number of carbonyl (C=O) groups excluding carboxylic acids is 2. The summed E-state index contributed by atoms with van der Waals surface area (Å²) in [5.41, 5.74) is 1.52. The number of amides is 2. The van der Waals surface area contributed by atoms with Crippen LogP contribution >= 0.6 is 12.2 Å². The van der Waals surface area contributed by atoms with Crippen molar-refractivity contribution in [3.05, 3.63) is 78.3 Å². The molecule has 0 aliphatic rings. The molecule has 0 saturated carbocycles. The Hall–Kier alpha value is -3.65. The van der Waals surface area contributed by atoms with Gasteiger partial charge < -0.3 is 19.8 Å². The molecule has 0 radical (unpaired) electrons. The number of anilines is 2. The third kappa shape index (κ3) is 4.74. The summed E-state index contributed by atoms with van der Waals surface area (Å²) < 4.78 is 10.2. The Labute approximate surface area is 166 Å². The van der Waals surface area contributed by atoms with Gasteiger partial charge in [-0.1, -0.05) is 18.2 Å². The Bertz CT molecular complexity index is 1000. The molecule has 3 N–H and O–H groups in total.